The lowest BCUT2D eigenvalue weighted by molar-refractivity contribution is -0.153. The fraction of sp³-hybridized carbons (Fsp3) is 0.429. The molecule has 0 saturated carbocycles. The van der Waals surface area contributed by atoms with Crippen LogP contribution in [0.25, 0.3) is 0 Å². The molecule has 1 N–H and O–H groups in total. The van der Waals surface area contributed by atoms with Gasteiger partial charge in [-0.05, 0) is 39.3 Å². The van der Waals surface area contributed by atoms with Crippen LogP contribution in [0.2, 0.25) is 0 Å². The van der Waals surface area contributed by atoms with Crippen LogP contribution in [-0.2, 0) is 16.0 Å². The molecule has 4 heteroatoms. The number of rotatable bonds is 3. The van der Waals surface area contributed by atoms with Crippen molar-refractivity contribution in [1.29, 1.82) is 0 Å². The minimum absolute atomic E-state index is 0.0286. The zero-order chi connectivity index (χ0) is 13.9. The zero-order valence-corrected chi connectivity index (χ0v) is 11.1. The Morgan fingerprint density at radius 2 is 1.89 bits per heavy atom. The molecule has 0 radical (unpaired) electrons. The monoisotopic (exact) mass is 250 g/mol. The van der Waals surface area contributed by atoms with E-state index in [-0.39, 0.29) is 12.0 Å². The minimum Gasteiger partial charge on any atom is -0.478 e. The number of benzene rings is 1. The number of ether oxygens (including phenoxy) is 1. The van der Waals surface area contributed by atoms with Crippen molar-refractivity contribution in [3.63, 3.8) is 0 Å². The number of hydrogen-bond acceptors (Lipinski definition) is 3. The molecule has 0 amide bonds. The van der Waals surface area contributed by atoms with Crippen LogP contribution in [0.5, 0.6) is 0 Å². The maximum atomic E-state index is 11.7. The molecule has 0 aliphatic heterocycles. The third-order valence-corrected chi connectivity index (χ3v) is 2.25. The molecule has 98 valence electrons. The van der Waals surface area contributed by atoms with Gasteiger partial charge in [0.2, 0.25) is 0 Å². The van der Waals surface area contributed by atoms with Crippen LogP contribution in [0.1, 0.15) is 42.3 Å². The highest BCUT2D eigenvalue weighted by Crippen LogP contribution is 2.15. The van der Waals surface area contributed by atoms with Gasteiger partial charge in [0.05, 0.1) is 12.0 Å². The summed E-state index contributed by atoms with van der Waals surface area (Å²) in [5, 5.41) is 9.08. The molecule has 1 aromatic rings. The van der Waals surface area contributed by atoms with Crippen LogP contribution in [0.3, 0.4) is 0 Å². The molecule has 0 aliphatic rings. The van der Waals surface area contributed by atoms with Gasteiger partial charge in [-0.3, -0.25) is 4.79 Å². The average molecular weight is 250 g/mol. The highest BCUT2D eigenvalue weighted by Gasteiger charge is 2.19. The van der Waals surface area contributed by atoms with Gasteiger partial charge in [-0.25, -0.2) is 4.79 Å². The molecular formula is C14H18O4. The van der Waals surface area contributed by atoms with E-state index in [1.807, 2.05) is 6.92 Å². The van der Waals surface area contributed by atoms with E-state index in [1.54, 1.807) is 39.0 Å². The number of carboxylic acids is 1. The van der Waals surface area contributed by atoms with Crippen LogP contribution in [0, 0.1) is 6.92 Å². The second-order valence-electron chi connectivity index (χ2n) is 5.23. The number of carboxylic acid groups (broad SMARTS) is 1. The molecule has 1 rings (SSSR count). The molecule has 18 heavy (non-hydrogen) atoms. The predicted octanol–water partition coefficient (Wildman–Crippen LogP) is 2.58. The number of aromatic carboxylic acids is 1. The van der Waals surface area contributed by atoms with Crippen molar-refractivity contribution in [2.75, 3.05) is 0 Å². The van der Waals surface area contributed by atoms with Gasteiger partial charge in [0.25, 0.3) is 0 Å². The number of carbonyl (C=O) groups is 2. The van der Waals surface area contributed by atoms with Gasteiger partial charge in [0.15, 0.2) is 0 Å². The Hall–Kier alpha value is -1.84. The summed E-state index contributed by atoms with van der Waals surface area (Å²) < 4.78 is 5.17. The van der Waals surface area contributed by atoms with E-state index < -0.39 is 17.5 Å². The van der Waals surface area contributed by atoms with Crippen LogP contribution in [-0.4, -0.2) is 22.6 Å². The van der Waals surface area contributed by atoms with E-state index in [1.165, 1.54) is 0 Å². The molecule has 0 unspecified atom stereocenters. The zero-order valence-electron chi connectivity index (χ0n) is 11.1. The molecule has 0 aliphatic carbocycles. The third-order valence-electron chi connectivity index (χ3n) is 2.25. The van der Waals surface area contributed by atoms with Crippen LogP contribution < -0.4 is 0 Å². The van der Waals surface area contributed by atoms with Crippen molar-refractivity contribution >= 4 is 11.9 Å². The summed E-state index contributed by atoms with van der Waals surface area (Å²) in [6, 6.07) is 5.00. The normalized spacial score (nSPS) is 11.1. The summed E-state index contributed by atoms with van der Waals surface area (Å²) in [5.74, 6) is -1.45. The summed E-state index contributed by atoms with van der Waals surface area (Å²) in [6.45, 7) is 7.14. The largest absolute Gasteiger partial charge is 0.478 e. The van der Waals surface area contributed by atoms with Gasteiger partial charge in [-0.2, -0.15) is 0 Å². The Morgan fingerprint density at radius 3 is 2.39 bits per heavy atom. The lowest BCUT2D eigenvalue weighted by atomic mass is 10.0. The summed E-state index contributed by atoms with van der Waals surface area (Å²) in [5.41, 5.74) is 0.911. The van der Waals surface area contributed by atoms with Gasteiger partial charge >= 0.3 is 11.9 Å². The van der Waals surface area contributed by atoms with Crippen LogP contribution in [0.4, 0.5) is 0 Å². The van der Waals surface area contributed by atoms with Gasteiger partial charge in [0.1, 0.15) is 5.60 Å². The first kappa shape index (κ1) is 14.2. The summed E-state index contributed by atoms with van der Waals surface area (Å²) >= 11 is 0. The first-order valence-electron chi connectivity index (χ1n) is 5.74. The van der Waals surface area contributed by atoms with Crippen molar-refractivity contribution in [3.05, 3.63) is 34.9 Å². The molecule has 0 fully saturated rings. The van der Waals surface area contributed by atoms with Crippen molar-refractivity contribution in [2.24, 2.45) is 0 Å². The third kappa shape index (κ3) is 4.20. The lowest BCUT2D eigenvalue weighted by Crippen LogP contribution is -2.25. The van der Waals surface area contributed by atoms with Crippen molar-refractivity contribution in [3.8, 4) is 0 Å². The Morgan fingerprint density at radius 1 is 1.28 bits per heavy atom. The predicted molar refractivity (Wildman–Crippen MR) is 67.7 cm³/mol. The highest BCUT2D eigenvalue weighted by molar-refractivity contribution is 5.91. The van der Waals surface area contributed by atoms with E-state index in [0.717, 1.165) is 5.56 Å². The smallest absolute Gasteiger partial charge is 0.335 e. The second-order valence-corrected chi connectivity index (χ2v) is 5.23. The number of hydrogen-bond donors (Lipinski definition) is 1. The SMILES string of the molecule is Cc1ccc(CC(=O)OC(C)(C)C)c(C(=O)O)c1. The van der Waals surface area contributed by atoms with E-state index in [2.05, 4.69) is 0 Å². The molecule has 0 heterocycles. The van der Waals surface area contributed by atoms with Crippen molar-refractivity contribution < 1.29 is 19.4 Å². The molecular weight excluding hydrogens is 232 g/mol. The summed E-state index contributed by atoms with van der Waals surface area (Å²) in [4.78, 5) is 22.8. The Labute approximate surface area is 107 Å². The minimum atomic E-state index is -1.03. The lowest BCUT2D eigenvalue weighted by Gasteiger charge is -2.19. The van der Waals surface area contributed by atoms with Gasteiger partial charge in [0, 0.05) is 0 Å². The maximum Gasteiger partial charge on any atom is 0.335 e. The second kappa shape index (κ2) is 5.21. The summed E-state index contributed by atoms with van der Waals surface area (Å²) in [7, 11) is 0. The molecule has 0 spiro atoms. The van der Waals surface area contributed by atoms with E-state index in [4.69, 9.17) is 9.84 Å². The fourth-order valence-corrected chi connectivity index (χ4v) is 1.58. The van der Waals surface area contributed by atoms with Gasteiger partial charge < -0.3 is 9.84 Å². The van der Waals surface area contributed by atoms with Crippen molar-refractivity contribution in [2.45, 2.75) is 39.7 Å². The molecule has 4 nitrogen and oxygen atoms in total. The molecule has 0 atom stereocenters. The summed E-state index contributed by atoms with van der Waals surface area (Å²) in [6.07, 6.45) is -0.0286. The molecule has 1 aromatic carbocycles. The van der Waals surface area contributed by atoms with E-state index in [0.29, 0.717) is 5.56 Å². The van der Waals surface area contributed by atoms with E-state index >= 15 is 0 Å². The number of carbonyl (C=O) groups excluding carboxylic acids is 1. The topological polar surface area (TPSA) is 63.6 Å². The quantitative estimate of drug-likeness (QED) is 0.837. The Balaban J connectivity index is 2.91. The first-order valence-corrected chi connectivity index (χ1v) is 5.74. The van der Waals surface area contributed by atoms with Crippen LogP contribution in [0.15, 0.2) is 18.2 Å². The highest BCUT2D eigenvalue weighted by atomic mass is 16.6. The average Bonchev–Trinajstić information content (AvgIpc) is 2.17. The Kier molecular flexibility index (Phi) is 4.11. The van der Waals surface area contributed by atoms with Gasteiger partial charge in [-0.1, -0.05) is 17.7 Å². The first-order chi connectivity index (χ1) is 8.19. The number of esters is 1. The van der Waals surface area contributed by atoms with Crippen LogP contribution >= 0.6 is 0 Å². The fourth-order valence-electron chi connectivity index (χ4n) is 1.58. The maximum absolute atomic E-state index is 11.7. The van der Waals surface area contributed by atoms with E-state index in [9.17, 15) is 9.59 Å². The molecule has 0 bridgehead atoms. The van der Waals surface area contributed by atoms with Crippen molar-refractivity contribution in [1.82, 2.24) is 0 Å². The number of aryl methyl sites for hydroxylation is 1. The standard InChI is InChI=1S/C14H18O4/c1-9-5-6-10(11(7-9)13(16)17)8-12(15)18-14(2,3)4/h5-7H,8H2,1-4H3,(H,16,17). The molecule has 0 saturated heterocycles. The molecule has 0 aromatic heterocycles. The Bertz CT molecular complexity index is 469. The van der Waals surface area contributed by atoms with Gasteiger partial charge in [-0.15, -0.1) is 0 Å².